The van der Waals surface area contributed by atoms with Crippen molar-refractivity contribution in [1.82, 2.24) is 15.5 Å². The minimum absolute atomic E-state index is 0.122. The number of nitrogens with zero attached hydrogens (tertiary/aromatic N) is 2. The zero-order valence-electron chi connectivity index (χ0n) is 12.3. The number of halogens is 1. The molecule has 0 unspecified atom stereocenters. The topological polar surface area (TPSA) is 77.2 Å². The van der Waals surface area contributed by atoms with Crippen molar-refractivity contribution in [3.8, 4) is 18.1 Å². The van der Waals surface area contributed by atoms with E-state index < -0.39 is 6.10 Å². The lowest BCUT2D eigenvalue weighted by molar-refractivity contribution is -0.118. The zero-order chi connectivity index (χ0) is 16.7. The van der Waals surface area contributed by atoms with Gasteiger partial charge < -0.3 is 14.5 Å². The van der Waals surface area contributed by atoms with Gasteiger partial charge in [0.25, 0.3) is 11.1 Å². The van der Waals surface area contributed by atoms with E-state index in [2.05, 4.69) is 21.4 Å². The third-order valence-electron chi connectivity index (χ3n) is 2.61. The summed E-state index contributed by atoms with van der Waals surface area (Å²) in [5, 5.41) is 10.5. The summed E-state index contributed by atoms with van der Waals surface area (Å²) in [5.41, 5.74) is 0. The van der Waals surface area contributed by atoms with Crippen LogP contribution in [0, 0.1) is 18.2 Å². The molecule has 1 heterocycles. The number of benzene rings is 1. The van der Waals surface area contributed by atoms with Crippen molar-refractivity contribution < 1.29 is 18.3 Å². The van der Waals surface area contributed by atoms with Crippen LogP contribution in [0.1, 0.15) is 18.9 Å². The minimum atomic E-state index is -0.502. The molecular formula is C15H14FN3O3S. The lowest BCUT2D eigenvalue weighted by atomic mass is 10.3. The molecule has 120 valence electrons. The Kier molecular flexibility index (Phi) is 6.00. The molecule has 0 aliphatic carbocycles. The highest BCUT2D eigenvalue weighted by molar-refractivity contribution is 7.99. The number of carbonyl (C=O) groups excluding carboxylic acids is 1. The van der Waals surface area contributed by atoms with Crippen LogP contribution in [-0.2, 0) is 4.79 Å². The Balaban J connectivity index is 1.87. The van der Waals surface area contributed by atoms with Crippen molar-refractivity contribution in [3.63, 3.8) is 0 Å². The van der Waals surface area contributed by atoms with Crippen LogP contribution in [0.3, 0.4) is 0 Å². The number of amides is 1. The van der Waals surface area contributed by atoms with Crippen molar-refractivity contribution in [2.24, 2.45) is 0 Å². The van der Waals surface area contributed by atoms with Crippen molar-refractivity contribution in [1.29, 1.82) is 0 Å². The van der Waals surface area contributed by atoms with Gasteiger partial charge in [-0.05, 0) is 31.2 Å². The van der Waals surface area contributed by atoms with Gasteiger partial charge in [-0.3, -0.25) is 4.79 Å². The molecule has 23 heavy (non-hydrogen) atoms. The second kappa shape index (κ2) is 8.19. The van der Waals surface area contributed by atoms with Gasteiger partial charge in [-0.15, -0.1) is 16.6 Å². The lowest BCUT2D eigenvalue weighted by Crippen LogP contribution is -2.25. The van der Waals surface area contributed by atoms with Gasteiger partial charge in [-0.1, -0.05) is 17.7 Å². The van der Waals surface area contributed by atoms with Crippen LogP contribution >= 0.6 is 11.8 Å². The first-order chi connectivity index (χ1) is 11.1. The van der Waals surface area contributed by atoms with Gasteiger partial charge in [0.2, 0.25) is 5.91 Å². The second-order valence-electron chi connectivity index (χ2n) is 4.39. The van der Waals surface area contributed by atoms with E-state index in [9.17, 15) is 9.18 Å². The van der Waals surface area contributed by atoms with Gasteiger partial charge >= 0.3 is 0 Å². The fourth-order valence-electron chi connectivity index (χ4n) is 1.54. The molecule has 0 bridgehead atoms. The Morgan fingerprint density at radius 2 is 2.22 bits per heavy atom. The number of carbonyl (C=O) groups is 1. The summed E-state index contributed by atoms with van der Waals surface area (Å²) < 4.78 is 23.8. The number of hydrogen-bond donors (Lipinski definition) is 1. The molecule has 1 N–H and O–H groups in total. The van der Waals surface area contributed by atoms with Crippen LogP contribution in [0.5, 0.6) is 5.75 Å². The van der Waals surface area contributed by atoms with E-state index in [4.69, 9.17) is 15.6 Å². The predicted octanol–water partition coefficient (Wildman–Crippen LogP) is 2.19. The Labute approximate surface area is 136 Å². The van der Waals surface area contributed by atoms with Crippen molar-refractivity contribution in [3.05, 3.63) is 36.0 Å². The van der Waals surface area contributed by atoms with E-state index in [1.165, 1.54) is 24.3 Å². The number of rotatable bonds is 7. The molecule has 0 aliphatic rings. The number of ether oxygens (including phenoxy) is 1. The molecule has 2 rings (SSSR count). The normalized spacial score (nSPS) is 11.5. The molecule has 0 radical (unpaired) electrons. The van der Waals surface area contributed by atoms with Crippen LogP contribution in [0.25, 0.3) is 0 Å². The van der Waals surface area contributed by atoms with Gasteiger partial charge in [0.05, 0.1) is 12.3 Å². The minimum Gasteiger partial charge on any atom is -0.481 e. The van der Waals surface area contributed by atoms with Gasteiger partial charge in [0, 0.05) is 0 Å². The first-order valence-corrected chi connectivity index (χ1v) is 7.65. The quantitative estimate of drug-likeness (QED) is 0.617. The number of nitrogens with one attached hydrogen (secondary N) is 1. The van der Waals surface area contributed by atoms with E-state index in [0.29, 0.717) is 5.75 Å². The first kappa shape index (κ1) is 16.8. The number of terminal acetylenes is 1. The van der Waals surface area contributed by atoms with Crippen molar-refractivity contribution in [2.45, 2.75) is 18.3 Å². The Morgan fingerprint density at radius 3 is 2.91 bits per heavy atom. The third kappa shape index (κ3) is 5.30. The summed E-state index contributed by atoms with van der Waals surface area (Å²) in [7, 11) is 0. The summed E-state index contributed by atoms with van der Waals surface area (Å²) >= 11 is 1.10. The molecule has 1 atom stereocenters. The third-order valence-corrected chi connectivity index (χ3v) is 3.43. The largest absolute Gasteiger partial charge is 0.481 e. The summed E-state index contributed by atoms with van der Waals surface area (Å²) in [6.07, 6.45) is 4.54. The fraction of sp³-hybridized carbons (Fsp3) is 0.267. The standard InChI is InChI=1S/C15H14FN3O3S/c1-3-8-17-13(20)9-23-15-19-18-14(22-15)10(2)21-12-6-4-11(16)5-7-12/h1,4-7,10H,8-9H2,2H3,(H,17,20)/t10-/m1/s1. The second-order valence-corrected chi connectivity index (χ2v) is 5.32. The highest BCUT2D eigenvalue weighted by atomic mass is 32.2. The maximum absolute atomic E-state index is 12.8. The van der Waals surface area contributed by atoms with Gasteiger partial charge in [-0.2, -0.15) is 0 Å². The Bertz CT molecular complexity index is 697. The van der Waals surface area contributed by atoms with Gasteiger partial charge in [-0.25, -0.2) is 4.39 Å². The molecule has 0 fully saturated rings. The van der Waals surface area contributed by atoms with Crippen LogP contribution in [-0.4, -0.2) is 28.4 Å². The van der Waals surface area contributed by atoms with E-state index in [1.54, 1.807) is 6.92 Å². The smallest absolute Gasteiger partial charge is 0.277 e. The van der Waals surface area contributed by atoms with E-state index >= 15 is 0 Å². The molecule has 1 aromatic carbocycles. The molecule has 8 heteroatoms. The molecule has 6 nitrogen and oxygen atoms in total. The molecule has 0 saturated carbocycles. The van der Waals surface area contributed by atoms with Crippen molar-refractivity contribution >= 4 is 17.7 Å². The fourth-order valence-corrected chi connectivity index (χ4v) is 2.14. The van der Waals surface area contributed by atoms with Crippen LogP contribution in [0.15, 0.2) is 33.9 Å². The van der Waals surface area contributed by atoms with Crippen LogP contribution < -0.4 is 10.1 Å². The highest BCUT2D eigenvalue weighted by Crippen LogP contribution is 2.23. The summed E-state index contributed by atoms with van der Waals surface area (Å²) in [4.78, 5) is 11.4. The summed E-state index contributed by atoms with van der Waals surface area (Å²) in [6, 6.07) is 5.61. The SMILES string of the molecule is C#CCNC(=O)CSc1nnc([C@@H](C)Oc2ccc(F)cc2)o1. The maximum atomic E-state index is 12.8. The monoisotopic (exact) mass is 335 g/mol. The average Bonchev–Trinajstić information content (AvgIpc) is 3.02. The van der Waals surface area contributed by atoms with Gasteiger partial charge in [0.15, 0.2) is 6.10 Å². The number of thioether (sulfide) groups is 1. The lowest BCUT2D eigenvalue weighted by Gasteiger charge is -2.10. The van der Waals surface area contributed by atoms with Gasteiger partial charge in [0.1, 0.15) is 11.6 Å². The summed E-state index contributed by atoms with van der Waals surface area (Å²) in [5.74, 6) is 2.62. The molecule has 0 spiro atoms. The molecule has 2 aromatic rings. The average molecular weight is 335 g/mol. The molecule has 1 aromatic heterocycles. The predicted molar refractivity (Wildman–Crippen MR) is 82.3 cm³/mol. The van der Waals surface area contributed by atoms with E-state index in [-0.39, 0.29) is 35.1 Å². The zero-order valence-corrected chi connectivity index (χ0v) is 13.1. The molecule has 0 aliphatic heterocycles. The molecule has 1 amide bonds. The number of hydrogen-bond acceptors (Lipinski definition) is 6. The maximum Gasteiger partial charge on any atom is 0.277 e. The van der Waals surface area contributed by atoms with Crippen LogP contribution in [0.2, 0.25) is 0 Å². The summed E-state index contributed by atoms with van der Waals surface area (Å²) in [6.45, 7) is 1.90. The first-order valence-electron chi connectivity index (χ1n) is 6.67. The molecule has 0 saturated heterocycles. The van der Waals surface area contributed by atoms with Crippen LogP contribution in [0.4, 0.5) is 4.39 Å². The highest BCUT2D eigenvalue weighted by Gasteiger charge is 2.16. The van der Waals surface area contributed by atoms with E-state index in [1.807, 2.05) is 0 Å². The Hall–Kier alpha value is -2.53. The van der Waals surface area contributed by atoms with Crippen molar-refractivity contribution in [2.75, 3.05) is 12.3 Å². The van der Waals surface area contributed by atoms with E-state index in [0.717, 1.165) is 11.8 Å². The molecular weight excluding hydrogens is 321 g/mol. The number of aromatic nitrogens is 2. The Morgan fingerprint density at radius 1 is 1.48 bits per heavy atom.